The molecule has 0 saturated carbocycles. The van der Waals surface area contributed by atoms with E-state index in [1.807, 2.05) is 24.3 Å². The number of amides is 1. The lowest BCUT2D eigenvalue weighted by molar-refractivity contribution is -0.113. The predicted octanol–water partition coefficient (Wildman–Crippen LogP) is 3.56. The average molecular weight is 422 g/mol. The van der Waals surface area contributed by atoms with E-state index in [9.17, 15) is 18.0 Å². The van der Waals surface area contributed by atoms with Crippen molar-refractivity contribution in [3.63, 3.8) is 0 Å². The highest BCUT2D eigenvalue weighted by Crippen LogP contribution is 2.22. The minimum atomic E-state index is -1.63. The Hall–Kier alpha value is -3.01. The van der Waals surface area contributed by atoms with Crippen molar-refractivity contribution in [2.45, 2.75) is 11.6 Å². The van der Waals surface area contributed by atoms with Crippen LogP contribution in [0.2, 0.25) is 0 Å². The Morgan fingerprint density at radius 3 is 2.52 bits per heavy atom. The summed E-state index contributed by atoms with van der Waals surface area (Å²) in [7, 11) is 3.37. The van der Waals surface area contributed by atoms with Gasteiger partial charge in [0.1, 0.15) is 11.6 Å². The van der Waals surface area contributed by atoms with Crippen molar-refractivity contribution in [3.05, 3.63) is 65.2 Å². The van der Waals surface area contributed by atoms with Crippen LogP contribution in [0.5, 0.6) is 5.75 Å². The number of hydrogen-bond acceptors (Lipinski definition) is 5. The fourth-order valence-corrected chi connectivity index (χ4v) is 3.22. The van der Waals surface area contributed by atoms with Gasteiger partial charge in [0.15, 0.2) is 22.6 Å². The van der Waals surface area contributed by atoms with Gasteiger partial charge in [-0.05, 0) is 29.8 Å². The van der Waals surface area contributed by atoms with Crippen molar-refractivity contribution in [1.82, 2.24) is 14.8 Å². The van der Waals surface area contributed by atoms with Gasteiger partial charge in [-0.3, -0.25) is 4.79 Å². The maximum atomic E-state index is 13.6. The summed E-state index contributed by atoms with van der Waals surface area (Å²) < 4.78 is 46.7. The number of rotatable bonds is 7. The summed E-state index contributed by atoms with van der Waals surface area (Å²) in [5.74, 6) is -3.63. The Labute approximate surface area is 169 Å². The minimum absolute atomic E-state index is 0.104. The molecule has 0 atom stereocenters. The number of methoxy groups -OCH3 is 1. The first-order valence-corrected chi connectivity index (χ1v) is 9.45. The van der Waals surface area contributed by atoms with E-state index in [2.05, 4.69) is 15.5 Å². The van der Waals surface area contributed by atoms with Crippen LogP contribution in [0.4, 0.5) is 18.9 Å². The van der Waals surface area contributed by atoms with Gasteiger partial charge in [-0.25, -0.2) is 13.2 Å². The number of ether oxygens (including phenoxy) is 1. The van der Waals surface area contributed by atoms with Gasteiger partial charge >= 0.3 is 0 Å². The van der Waals surface area contributed by atoms with E-state index in [1.165, 1.54) is 0 Å². The number of aromatic nitrogens is 3. The van der Waals surface area contributed by atoms with Crippen LogP contribution in [-0.2, 0) is 18.3 Å². The smallest absolute Gasteiger partial charge is 0.234 e. The van der Waals surface area contributed by atoms with Gasteiger partial charge in [0.2, 0.25) is 5.91 Å². The van der Waals surface area contributed by atoms with E-state index in [0.717, 1.165) is 35.2 Å². The molecule has 1 N–H and O–H groups in total. The van der Waals surface area contributed by atoms with E-state index in [-0.39, 0.29) is 5.75 Å². The number of hydrogen-bond donors (Lipinski definition) is 1. The Morgan fingerprint density at radius 2 is 1.83 bits per heavy atom. The van der Waals surface area contributed by atoms with Crippen LogP contribution < -0.4 is 10.1 Å². The summed E-state index contributed by atoms with van der Waals surface area (Å²) >= 11 is 1.09. The number of carbonyl (C=O) groups is 1. The molecule has 0 spiro atoms. The molecule has 29 heavy (non-hydrogen) atoms. The fraction of sp³-hybridized carbons (Fsp3) is 0.211. The Kier molecular flexibility index (Phi) is 6.42. The quantitative estimate of drug-likeness (QED) is 0.466. The Bertz CT molecular complexity index is 1030. The SMILES string of the molecule is COc1ccc(Cc2nnc(SCC(=O)Nc3ccc(F)c(F)c3F)n2C)cc1. The fourth-order valence-electron chi connectivity index (χ4n) is 2.49. The van der Waals surface area contributed by atoms with E-state index < -0.39 is 29.0 Å². The van der Waals surface area contributed by atoms with Gasteiger partial charge in [-0.1, -0.05) is 23.9 Å². The molecule has 1 heterocycles. The topological polar surface area (TPSA) is 69.0 Å². The molecule has 1 aromatic heterocycles. The van der Waals surface area contributed by atoms with Crippen LogP contribution in [0.1, 0.15) is 11.4 Å². The molecule has 0 bridgehead atoms. The third kappa shape index (κ3) is 4.89. The molecule has 152 valence electrons. The lowest BCUT2D eigenvalue weighted by Gasteiger charge is -2.07. The Morgan fingerprint density at radius 1 is 1.10 bits per heavy atom. The number of nitrogens with zero attached hydrogens (tertiary/aromatic N) is 3. The molecule has 10 heteroatoms. The van der Waals surface area contributed by atoms with Crippen molar-refractivity contribution < 1.29 is 22.7 Å². The average Bonchev–Trinajstić information content (AvgIpc) is 3.07. The number of halogens is 3. The highest BCUT2D eigenvalue weighted by molar-refractivity contribution is 7.99. The molecule has 0 saturated heterocycles. The largest absolute Gasteiger partial charge is 0.497 e. The van der Waals surface area contributed by atoms with Crippen molar-refractivity contribution in [2.75, 3.05) is 18.2 Å². The van der Waals surface area contributed by atoms with Gasteiger partial charge in [0, 0.05) is 13.5 Å². The molecule has 2 aromatic carbocycles. The number of benzene rings is 2. The first-order chi connectivity index (χ1) is 13.9. The van der Waals surface area contributed by atoms with Gasteiger partial charge in [-0.2, -0.15) is 0 Å². The molecule has 6 nitrogen and oxygen atoms in total. The second-order valence-electron chi connectivity index (χ2n) is 6.04. The van der Waals surface area contributed by atoms with Crippen molar-refractivity contribution in [3.8, 4) is 5.75 Å². The predicted molar refractivity (Wildman–Crippen MR) is 102 cm³/mol. The van der Waals surface area contributed by atoms with Crippen LogP contribution in [0.25, 0.3) is 0 Å². The summed E-state index contributed by atoms with van der Waals surface area (Å²) in [4.78, 5) is 12.0. The third-order valence-corrected chi connectivity index (χ3v) is 5.11. The van der Waals surface area contributed by atoms with Crippen LogP contribution in [0.15, 0.2) is 41.6 Å². The van der Waals surface area contributed by atoms with Gasteiger partial charge < -0.3 is 14.6 Å². The number of anilines is 1. The van der Waals surface area contributed by atoms with E-state index in [1.54, 1.807) is 18.7 Å². The monoisotopic (exact) mass is 422 g/mol. The van der Waals surface area contributed by atoms with Gasteiger partial charge in [0.25, 0.3) is 0 Å². The summed E-state index contributed by atoms with van der Waals surface area (Å²) in [5, 5.41) is 10.9. The third-order valence-electron chi connectivity index (χ3n) is 4.09. The van der Waals surface area contributed by atoms with Crippen LogP contribution in [-0.4, -0.2) is 33.5 Å². The zero-order valence-electron chi connectivity index (χ0n) is 15.6. The molecule has 3 rings (SSSR count). The molecular weight excluding hydrogens is 405 g/mol. The maximum absolute atomic E-state index is 13.6. The normalized spacial score (nSPS) is 10.8. The molecule has 0 aliphatic heterocycles. The zero-order valence-corrected chi connectivity index (χ0v) is 16.4. The molecule has 0 aliphatic carbocycles. The molecule has 0 radical (unpaired) electrons. The maximum Gasteiger partial charge on any atom is 0.234 e. The summed E-state index contributed by atoms with van der Waals surface area (Å²) in [6, 6.07) is 9.25. The summed E-state index contributed by atoms with van der Waals surface area (Å²) in [6.45, 7) is 0. The summed E-state index contributed by atoms with van der Waals surface area (Å²) in [5.41, 5.74) is 0.595. The summed E-state index contributed by atoms with van der Waals surface area (Å²) in [6.07, 6.45) is 0.542. The van der Waals surface area contributed by atoms with E-state index >= 15 is 0 Å². The van der Waals surface area contributed by atoms with Crippen LogP contribution >= 0.6 is 11.8 Å². The first kappa shape index (κ1) is 20.7. The van der Waals surface area contributed by atoms with E-state index in [4.69, 9.17) is 4.74 Å². The van der Waals surface area contributed by atoms with Gasteiger partial charge in [0.05, 0.1) is 18.6 Å². The molecule has 1 amide bonds. The van der Waals surface area contributed by atoms with Crippen molar-refractivity contribution >= 4 is 23.4 Å². The van der Waals surface area contributed by atoms with Crippen LogP contribution in [0.3, 0.4) is 0 Å². The zero-order chi connectivity index (χ0) is 21.0. The molecule has 3 aromatic rings. The minimum Gasteiger partial charge on any atom is -0.497 e. The Balaban J connectivity index is 1.59. The molecule has 0 unspecified atom stereocenters. The lowest BCUT2D eigenvalue weighted by atomic mass is 10.1. The second kappa shape index (κ2) is 8.99. The van der Waals surface area contributed by atoms with Crippen molar-refractivity contribution in [1.29, 1.82) is 0 Å². The number of carbonyl (C=O) groups excluding carboxylic acids is 1. The lowest BCUT2D eigenvalue weighted by Crippen LogP contribution is -2.16. The van der Waals surface area contributed by atoms with Gasteiger partial charge in [-0.15, -0.1) is 10.2 Å². The molecule has 0 fully saturated rings. The number of nitrogens with one attached hydrogen (secondary N) is 1. The highest BCUT2D eigenvalue weighted by Gasteiger charge is 2.16. The van der Waals surface area contributed by atoms with E-state index in [0.29, 0.717) is 17.4 Å². The first-order valence-electron chi connectivity index (χ1n) is 8.46. The second-order valence-corrected chi connectivity index (χ2v) is 6.98. The molecule has 0 aliphatic rings. The standard InChI is InChI=1S/C19H17F3N4O2S/c1-26-15(9-11-3-5-12(28-2)6-4-11)24-25-19(26)29-10-16(27)23-14-8-7-13(20)17(21)18(14)22/h3-8H,9-10H2,1-2H3,(H,23,27). The molecular formula is C19H17F3N4O2S. The number of thioether (sulfide) groups is 1. The highest BCUT2D eigenvalue weighted by atomic mass is 32.2. The van der Waals surface area contributed by atoms with Crippen LogP contribution in [0, 0.1) is 17.5 Å². The van der Waals surface area contributed by atoms with Crippen molar-refractivity contribution in [2.24, 2.45) is 7.05 Å².